The van der Waals surface area contributed by atoms with Crippen LogP contribution < -0.4 is 5.32 Å². The van der Waals surface area contributed by atoms with Gasteiger partial charge in [0.1, 0.15) is 5.60 Å². The van der Waals surface area contributed by atoms with Crippen LogP contribution >= 0.6 is 0 Å². The molecule has 1 aliphatic heterocycles. The minimum Gasteiger partial charge on any atom is -0.460 e. The van der Waals surface area contributed by atoms with Crippen LogP contribution in [0.5, 0.6) is 0 Å². The molecule has 0 aromatic rings. The maximum Gasteiger partial charge on any atom is 0.309 e. The molecule has 1 fully saturated rings. The SMILES string of the molecule is CC(C)(C)OC(=O)C(CC1CNC1)C(C)(C)C. The van der Waals surface area contributed by atoms with Crippen LogP contribution in [0.1, 0.15) is 48.0 Å². The Balaban J connectivity index is 2.65. The van der Waals surface area contributed by atoms with E-state index in [2.05, 4.69) is 26.1 Å². The Morgan fingerprint density at radius 2 is 1.76 bits per heavy atom. The zero-order chi connectivity index (χ0) is 13.3. The van der Waals surface area contributed by atoms with Crippen LogP contribution in [0.25, 0.3) is 0 Å². The van der Waals surface area contributed by atoms with Gasteiger partial charge in [0, 0.05) is 0 Å². The summed E-state index contributed by atoms with van der Waals surface area (Å²) in [7, 11) is 0. The molecule has 1 saturated heterocycles. The van der Waals surface area contributed by atoms with E-state index in [4.69, 9.17) is 4.74 Å². The molecule has 1 atom stereocenters. The van der Waals surface area contributed by atoms with Crippen molar-refractivity contribution in [3.63, 3.8) is 0 Å². The lowest BCUT2D eigenvalue weighted by molar-refractivity contribution is -0.165. The third-order valence-corrected chi connectivity index (χ3v) is 3.17. The number of rotatable bonds is 3. The maximum atomic E-state index is 12.2. The second-order valence-electron chi connectivity index (χ2n) is 7.21. The standard InChI is InChI=1S/C14H27NO2/c1-13(2,3)11(7-10-8-15-9-10)12(16)17-14(4,5)6/h10-11,15H,7-9H2,1-6H3. The molecule has 1 heterocycles. The first kappa shape index (κ1) is 14.5. The Kier molecular flexibility index (Phi) is 4.23. The topological polar surface area (TPSA) is 38.3 Å². The molecule has 1 aliphatic rings. The van der Waals surface area contributed by atoms with E-state index in [1.165, 1.54) is 0 Å². The summed E-state index contributed by atoms with van der Waals surface area (Å²) in [6.07, 6.45) is 0.936. The summed E-state index contributed by atoms with van der Waals surface area (Å²) in [5, 5.41) is 3.25. The number of carbonyl (C=O) groups excluding carboxylic acids is 1. The van der Waals surface area contributed by atoms with Crippen molar-refractivity contribution in [2.45, 2.75) is 53.6 Å². The van der Waals surface area contributed by atoms with E-state index in [1.54, 1.807) is 0 Å². The van der Waals surface area contributed by atoms with E-state index in [0.717, 1.165) is 19.5 Å². The van der Waals surface area contributed by atoms with E-state index >= 15 is 0 Å². The summed E-state index contributed by atoms with van der Waals surface area (Å²) >= 11 is 0. The summed E-state index contributed by atoms with van der Waals surface area (Å²) in [6.45, 7) is 14.2. The van der Waals surface area contributed by atoms with Gasteiger partial charge in [-0.25, -0.2) is 0 Å². The predicted molar refractivity (Wildman–Crippen MR) is 69.8 cm³/mol. The summed E-state index contributed by atoms with van der Waals surface area (Å²) in [5.41, 5.74) is -0.420. The quantitative estimate of drug-likeness (QED) is 0.772. The smallest absolute Gasteiger partial charge is 0.309 e. The second-order valence-corrected chi connectivity index (χ2v) is 7.21. The van der Waals surface area contributed by atoms with E-state index in [9.17, 15) is 4.79 Å². The molecule has 3 nitrogen and oxygen atoms in total. The molecule has 1 rings (SSSR count). The third kappa shape index (κ3) is 4.66. The lowest BCUT2D eigenvalue weighted by Gasteiger charge is -2.37. The molecule has 100 valence electrons. The van der Waals surface area contributed by atoms with Crippen molar-refractivity contribution >= 4 is 5.97 Å². The summed E-state index contributed by atoms with van der Waals surface area (Å²) in [6, 6.07) is 0. The van der Waals surface area contributed by atoms with Gasteiger partial charge in [-0.3, -0.25) is 4.79 Å². The maximum absolute atomic E-state index is 12.2. The molecule has 0 aromatic carbocycles. The lowest BCUT2D eigenvalue weighted by Crippen LogP contribution is -2.46. The molecule has 0 amide bonds. The first-order chi connectivity index (χ1) is 7.59. The number of ether oxygens (including phenoxy) is 1. The second kappa shape index (κ2) is 4.97. The van der Waals surface area contributed by atoms with Gasteiger partial charge >= 0.3 is 5.97 Å². The van der Waals surface area contributed by atoms with E-state index < -0.39 is 5.60 Å². The Bertz CT molecular complexity index is 269. The van der Waals surface area contributed by atoms with Gasteiger partial charge in [-0.05, 0) is 51.6 Å². The largest absolute Gasteiger partial charge is 0.460 e. The van der Waals surface area contributed by atoms with Crippen molar-refractivity contribution in [3.8, 4) is 0 Å². The molecule has 0 spiro atoms. The highest BCUT2D eigenvalue weighted by Crippen LogP contribution is 2.34. The summed E-state index contributed by atoms with van der Waals surface area (Å²) < 4.78 is 5.54. The molecule has 0 radical (unpaired) electrons. The Morgan fingerprint density at radius 3 is 2.06 bits per heavy atom. The van der Waals surface area contributed by atoms with Crippen LogP contribution in [0.3, 0.4) is 0 Å². The van der Waals surface area contributed by atoms with Crippen LogP contribution in [0.15, 0.2) is 0 Å². The third-order valence-electron chi connectivity index (χ3n) is 3.17. The van der Waals surface area contributed by atoms with Crippen LogP contribution in [-0.2, 0) is 9.53 Å². The highest BCUT2D eigenvalue weighted by molar-refractivity contribution is 5.73. The molecule has 1 N–H and O–H groups in total. The van der Waals surface area contributed by atoms with Crippen molar-refractivity contribution in [1.29, 1.82) is 0 Å². The fourth-order valence-corrected chi connectivity index (χ4v) is 2.02. The molecule has 1 unspecified atom stereocenters. The molecule has 0 aromatic heterocycles. The minimum atomic E-state index is -0.390. The number of carbonyl (C=O) groups is 1. The van der Waals surface area contributed by atoms with E-state index in [-0.39, 0.29) is 17.3 Å². The summed E-state index contributed by atoms with van der Waals surface area (Å²) in [4.78, 5) is 12.2. The average molecular weight is 241 g/mol. The van der Waals surface area contributed by atoms with Gasteiger partial charge in [0.25, 0.3) is 0 Å². The fourth-order valence-electron chi connectivity index (χ4n) is 2.02. The van der Waals surface area contributed by atoms with E-state index in [1.807, 2.05) is 20.8 Å². The minimum absolute atomic E-state index is 0.00572. The number of hydrogen-bond acceptors (Lipinski definition) is 3. The number of nitrogens with one attached hydrogen (secondary N) is 1. The van der Waals surface area contributed by atoms with E-state index in [0.29, 0.717) is 5.92 Å². The van der Waals surface area contributed by atoms with Crippen molar-refractivity contribution in [2.24, 2.45) is 17.3 Å². The van der Waals surface area contributed by atoms with Gasteiger partial charge in [0.2, 0.25) is 0 Å². The Morgan fingerprint density at radius 1 is 1.24 bits per heavy atom. The Hall–Kier alpha value is -0.570. The van der Waals surface area contributed by atoms with Gasteiger partial charge in [-0.1, -0.05) is 20.8 Å². The van der Waals surface area contributed by atoms with Gasteiger partial charge in [0.15, 0.2) is 0 Å². The van der Waals surface area contributed by atoms with Crippen molar-refractivity contribution in [1.82, 2.24) is 5.32 Å². The molecule has 0 bridgehead atoms. The first-order valence-electron chi connectivity index (χ1n) is 6.53. The number of hydrogen-bond donors (Lipinski definition) is 1. The van der Waals surface area contributed by atoms with Crippen molar-refractivity contribution < 1.29 is 9.53 Å². The predicted octanol–water partition coefficient (Wildman–Crippen LogP) is 2.60. The van der Waals surface area contributed by atoms with Gasteiger partial charge in [-0.15, -0.1) is 0 Å². The van der Waals surface area contributed by atoms with Gasteiger partial charge in [-0.2, -0.15) is 0 Å². The molecule has 17 heavy (non-hydrogen) atoms. The van der Waals surface area contributed by atoms with Gasteiger partial charge in [0.05, 0.1) is 5.92 Å². The number of esters is 1. The average Bonchev–Trinajstić information content (AvgIpc) is 1.94. The molecular formula is C14H27NO2. The van der Waals surface area contributed by atoms with Gasteiger partial charge < -0.3 is 10.1 Å². The molecule has 0 saturated carbocycles. The lowest BCUT2D eigenvalue weighted by atomic mass is 9.74. The zero-order valence-corrected chi connectivity index (χ0v) is 12.1. The van der Waals surface area contributed by atoms with Crippen LogP contribution in [0.2, 0.25) is 0 Å². The Labute approximate surface area is 105 Å². The molecule has 3 heteroatoms. The fraction of sp³-hybridized carbons (Fsp3) is 0.929. The van der Waals surface area contributed by atoms with Crippen molar-refractivity contribution in [2.75, 3.05) is 13.1 Å². The highest BCUT2D eigenvalue weighted by Gasteiger charge is 2.37. The first-order valence-corrected chi connectivity index (χ1v) is 6.53. The molecule has 0 aliphatic carbocycles. The van der Waals surface area contributed by atoms with Crippen LogP contribution in [-0.4, -0.2) is 24.7 Å². The normalized spacial score (nSPS) is 19.6. The highest BCUT2D eigenvalue weighted by atomic mass is 16.6. The van der Waals surface area contributed by atoms with Crippen molar-refractivity contribution in [3.05, 3.63) is 0 Å². The molecular weight excluding hydrogens is 214 g/mol. The summed E-state index contributed by atoms with van der Waals surface area (Å²) in [5.74, 6) is 0.581. The van der Waals surface area contributed by atoms with Crippen LogP contribution in [0.4, 0.5) is 0 Å². The monoisotopic (exact) mass is 241 g/mol. The van der Waals surface area contributed by atoms with Crippen LogP contribution in [0, 0.1) is 17.3 Å². The zero-order valence-electron chi connectivity index (χ0n) is 12.1.